The predicted octanol–water partition coefficient (Wildman–Crippen LogP) is 4.80. The molecule has 1 aliphatic heterocycles. The number of aryl methyl sites for hydroxylation is 1. The van der Waals surface area contributed by atoms with Crippen molar-refractivity contribution >= 4 is 5.69 Å². The fourth-order valence-electron chi connectivity index (χ4n) is 2.86. The molecule has 0 saturated heterocycles. The minimum Gasteiger partial charge on any atom is -0.385 e. The Morgan fingerprint density at radius 3 is 2.89 bits per heavy atom. The van der Waals surface area contributed by atoms with Crippen LogP contribution in [-0.4, -0.2) is 6.54 Å². The highest BCUT2D eigenvalue weighted by molar-refractivity contribution is 5.56. The molecule has 0 atom stereocenters. The fraction of sp³-hybridized carbons (Fsp3) is 0.647. The van der Waals surface area contributed by atoms with Crippen molar-refractivity contribution in [1.29, 1.82) is 0 Å². The zero-order valence-electron chi connectivity index (χ0n) is 12.0. The molecular weight excluding hydrogens is 218 g/mol. The SMILES string of the molecule is CC(C)CCCCCc1cccc2c1CCCN2. The van der Waals surface area contributed by atoms with E-state index < -0.39 is 0 Å². The van der Waals surface area contributed by atoms with Crippen LogP contribution in [-0.2, 0) is 12.8 Å². The molecule has 1 heteroatoms. The molecule has 0 radical (unpaired) electrons. The quantitative estimate of drug-likeness (QED) is 0.710. The maximum atomic E-state index is 3.52. The molecular formula is C17H27N. The molecule has 0 aromatic heterocycles. The van der Waals surface area contributed by atoms with Gasteiger partial charge in [0.15, 0.2) is 0 Å². The van der Waals surface area contributed by atoms with Gasteiger partial charge >= 0.3 is 0 Å². The van der Waals surface area contributed by atoms with Crippen LogP contribution in [0.3, 0.4) is 0 Å². The molecule has 0 spiro atoms. The predicted molar refractivity (Wildman–Crippen MR) is 80.3 cm³/mol. The van der Waals surface area contributed by atoms with Crippen molar-refractivity contribution in [3.8, 4) is 0 Å². The lowest BCUT2D eigenvalue weighted by Crippen LogP contribution is -2.13. The molecule has 0 aliphatic carbocycles. The van der Waals surface area contributed by atoms with Crippen LogP contribution in [0, 0.1) is 5.92 Å². The molecule has 1 nitrogen and oxygen atoms in total. The number of fused-ring (bicyclic) bond motifs is 1. The van der Waals surface area contributed by atoms with Gasteiger partial charge in [-0.3, -0.25) is 0 Å². The van der Waals surface area contributed by atoms with Crippen molar-refractivity contribution in [3.63, 3.8) is 0 Å². The van der Waals surface area contributed by atoms with E-state index in [0.29, 0.717) is 0 Å². The number of hydrogen-bond donors (Lipinski definition) is 1. The molecule has 1 N–H and O–H groups in total. The van der Waals surface area contributed by atoms with Gasteiger partial charge in [0, 0.05) is 12.2 Å². The zero-order valence-corrected chi connectivity index (χ0v) is 12.0. The summed E-state index contributed by atoms with van der Waals surface area (Å²) < 4.78 is 0. The third kappa shape index (κ3) is 3.76. The summed E-state index contributed by atoms with van der Waals surface area (Å²) in [5, 5.41) is 3.52. The summed E-state index contributed by atoms with van der Waals surface area (Å²) in [7, 11) is 0. The number of unbranched alkanes of at least 4 members (excludes halogenated alkanes) is 2. The van der Waals surface area contributed by atoms with E-state index in [0.717, 1.165) is 12.5 Å². The topological polar surface area (TPSA) is 12.0 Å². The summed E-state index contributed by atoms with van der Waals surface area (Å²) in [5.74, 6) is 0.860. The summed E-state index contributed by atoms with van der Waals surface area (Å²) in [6.45, 7) is 5.78. The van der Waals surface area contributed by atoms with Crippen LogP contribution in [0.4, 0.5) is 5.69 Å². The minimum absolute atomic E-state index is 0.860. The van der Waals surface area contributed by atoms with Crippen molar-refractivity contribution in [3.05, 3.63) is 29.3 Å². The lowest BCUT2D eigenvalue weighted by atomic mass is 9.94. The average molecular weight is 245 g/mol. The third-order valence-corrected chi connectivity index (χ3v) is 3.92. The molecule has 0 fully saturated rings. The fourth-order valence-corrected chi connectivity index (χ4v) is 2.86. The van der Waals surface area contributed by atoms with Gasteiger partial charge in [-0.1, -0.05) is 45.2 Å². The highest BCUT2D eigenvalue weighted by Crippen LogP contribution is 2.26. The molecule has 1 aromatic rings. The van der Waals surface area contributed by atoms with Crippen LogP contribution in [0.2, 0.25) is 0 Å². The first-order valence-electron chi connectivity index (χ1n) is 7.62. The number of hydrogen-bond acceptors (Lipinski definition) is 1. The first kappa shape index (κ1) is 13.5. The second kappa shape index (κ2) is 6.82. The van der Waals surface area contributed by atoms with Crippen LogP contribution < -0.4 is 5.32 Å². The summed E-state index contributed by atoms with van der Waals surface area (Å²) in [6.07, 6.45) is 9.34. The monoisotopic (exact) mass is 245 g/mol. The number of anilines is 1. The molecule has 2 rings (SSSR count). The summed E-state index contributed by atoms with van der Waals surface area (Å²) in [5.41, 5.74) is 4.57. The van der Waals surface area contributed by atoms with Gasteiger partial charge in [0.1, 0.15) is 0 Å². The Hall–Kier alpha value is -0.980. The van der Waals surface area contributed by atoms with Gasteiger partial charge in [-0.2, -0.15) is 0 Å². The Labute approximate surface area is 112 Å². The van der Waals surface area contributed by atoms with Gasteiger partial charge in [-0.15, -0.1) is 0 Å². The Kier molecular flexibility index (Phi) is 5.10. The number of benzene rings is 1. The number of nitrogens with one attached hydrogen (secondary N) is 1. The summed E-state index contributed by atoms with van der Waals surface area (Å²) >= 11 is 0. The van der Waals surface area contributed by atoms with E-state index in [1.165, 1.54) is 50.6 Å². The summed E-state index contributed by atoms with van der Waals surface area (Å²) in [6, 6.07) is 6.77. The van der Waals surface area contributed by atoms with Crippen LogP contribution in [0.1, 0.15) is 57.1 Å². The Balaban J connectivity index is 1.82. The highest BCUT2D eigenvalue weighted by atomic mass is 14.9. The normalized spacial score (nSPS) is 14.4. The van der Waals surface area contributed by atoms with Gasteiger partial charge in [0.2, 0.25) is 0 Å². The average Bonchev–Trinajstić information content (AvgIpc) is 2.38. The van der Waals surface area contributed by atoms with Crippen LogP contribution in [0.5, 0.6) is 0 Å². The third-order valence-electron chi connectivity index (χ3n) is 3.92. The van der Waals surface area contributed by atoms with Gasteiger partial charge in [-0.05, 0) is 48.8 Å². The van der Waals surface area contributed by atoms with Crippen LogP contribution in [0.15, 0.2) is 18.2 Å². The van der Waals surface area contributed by atoms with Crippen molar-refractivity contribution in [1.82, 2.24) is 0 Å². The van der Waals surface area contributed by atoms with Crippen LogP contribution in [0.25, 0.3) is 0 Å². The lowest BCUT2D eigenvalue weighted by Gasteiger charge is -2.21. The molecule has 0 bridgehead atoms. The lowest BCUT2D eigenvalue weighted by molar-refractivity contribution is 0.527. The van der Waals surface area contributed by atoms with Crippen molar-refractivity contribution in [2.45, 2.75) is 58.8 Å². The first-order chi connectivity index (χ1) is 8.77. The molecule has 1 heterocycles. The Bertz CT molecular complexity index is 368. The van der Waals surface area contributed by atoms with E-state index in [-0.39, 0.29) is 0 Å². The molecule has 1 aromatic carbocycles. The van der Waals surface area contributed by atoms with Gasteiger partial charge in [0.25, 0.3) is 0 Å². The maximum absolute atomic E-state index is 3.52. The Morgan fingerprint density at radius 2 is 2.06 bits per heavy atom. The van der Waals surface area contributed by atoms with Crippen LogP contribution >= 0.6 is 0 Å². The zero-order chi connectivity index (χ0) is 12.8. The number of rotatable bonds is 6. The van der Waals surface area contributed by atoms with Crippen molar-refractivity contribution < 1.29 is 0 Å². The standard InChI is InChI=1S/C17H27N/c1-14(2)8-4-3-5-9-15-10-6-12-17-16(15)11-7-13-18-17/h6,10,12,14,18H,3-5,7-9,11,13H2,1-2H3. The molecule has 0 unspecified atom stereocenters. The Morgan fingerprint density at radius 1 is 1.17 bits per heavy atom. The van der Waals surface area contributed by atoms with E-state index >= 15 is 0 Å². The van der Waals surface area contributed by atoms with Crippen molar-refractivity contribution in [2.75, 3.05) is 11.9 Å². The van der Waals surface area contributed by atoms with Gasteiger partial charge < -0.3 is 5.32 Å². The van der Waals surface area contributed by atoms with Gasteiger partial charge in [-0.25, -0.2) is 0 Å². The van der Waals surface area contributed by atoms with E-state index in [1.807, 2.05) is 0 Å². The molecule has 1 aliphatic rings. The largest absolute Gasteiger partial charge is 0.385 e. The molecule has 100 valence electrons. The van der Waals surface area contributed by atoms with E-state index in [1.54, 1.807) is 11.1 Å². The maximum Gasteiger partial charge on any atom is 0.0375 e. The smallest absolute Gasteiger partial charge is 0.0375 e. The minimum atomic E-state index is 0.860. The summed E-state index contributed by atoms with van der Waals surface area (Å²) in [4.78, 5) is 0. The van der Waals surface area contributed by atoms with E-state index in [2.05, 4.69) is 37.4 Å². The second-order valence-electron chi connectivity index (χ2n) is 5.97. The van der Waals surface area contributed by atoms with E-state index in [9.17, 15) is 0 Å². The van der Waals surface area contributed by atoms with E-state index in [4.69, 9.17) is 0 Å². The molecule has 0 amide bonds. The molecule has 0 saturated carbocycles. The van der Waals surface area contributed by atoms with Crippen molar-refractivity contribution in [2.24, 2.45) is 5.92 Å². The molecule has 18 heavy (non-hydrogen) atoms. The van der Waals surface area contributed by atoms with Gasteiger partial charge in [0.05, 0.1) is 0 Å². The first-order valence-corrected chi connectivity index (χ1v) is 7.62. The highest BCUT2D eigenvalue weighted by Gasteiger charge is 2.11. The second-order valence-corrected chi connectivity index (χ2v) is 5.97.